The van der Waals surface area contributed by atoms with Crippen molar-refractivity contribution in [3.05, 3.63) is 12.2 Å². The Morgan fingerprint density at radius 1 is 1.75 bits per heavy atom. The van der Waals surface area contributed by atoms with Crippen LogP contribution in [0.5, 0.6) is 0 Å². The molecule has 0 heterocycles. The summed E-state index contributed by atoms with van der Waals surface area (Å²) in [6, 6.07) is 0. The quantitative estimate of drug-likeness (QED) is 0.475. The lowest BCUT2D eigenvalue weighted by molar-refractivity contribution is -0.114. The minimum absolute atomic E-state index is 0.185. The molecule has 0 rings (SSSR count). The van der Waals surface area contributed by atoms with Gasteiger partial charge in [-0.2, -0.15) is 0 Å². The molecule has 46 valence electrons. The van der Waals surface area contributed by atoms with E-state index in [9.17, 15) is 4.79 Å². The number of hydrogen-bond donors (Lipinski definition) is 0. The lowest BCUT2D eigenvalue weighted by Gasteiger charge is -1.80. The first kappa shape index (κ1) is 7.89. The van der Waals surface area contributed by atoms with Gasteiger partial charge in [-0.3, -0.25) is 4.79 Å². The summed E-state index contributed by atoms with van der Waals surface area (Å²) in [5, 5.41) is 0.763. The molecule has 0 saturated heterocycles. The normalized spacial score (nSPS) is 10.2. The first-order valence-electron chi connectivity index (χ1n) is 2.56. The lowest BCUT2D eigenvalue weighted by Crippen LogP contribution is -1.86. The molecule has 0 fully saturated rings. The van der Waals surface area contributed by atoms with Crippen LogP contribution >= 0.6 is 15.9 Å². The van der Waals surface area contributed by atoms with E-state index in [0.717, 1.165) is 5.33 Å². The summed E-state index contributed by atoms with van der Waals surface area (Å²) in [5.74, 6) is 0.185. The zero-order valence-corrected chi connectivity index (χ0v) is 6.44. The predicted octanol–water partition coefficient (Wildman–Crippen LogP) is 1.92. The highest BCUT2D eigenvalue weighted by atomic mass is 79.9. The van der Waals surface area contributed by atoms with Crippen molar-refractivity contribution in [2.75, 3.05) is 5.33 Å². The maximum Gasteiger partial charge on any atom is 0.155 e. The number of carbonyl (C=O) groups excluding carboxylic acids is 1. The Hall–Kier alpha value is -0.110. The van der Waals surface area contributed by atoms with Gasteiger partial charge in [-0.25, -0.2) is 0 Å². The second-order valence-electron chi connectivity index (χ2n) is 1.38. The van der Waals surface area contributed by atoms with Gasteiger partial charge in [-0.15, -0.1) is 0 Å². The first-order valence-corrected chi connectivity index (χ1v) is 3.68. The molecule has 2 heteroatoms. The van der Waals surface area contributed by atoms with Gasteiger partial charge in [0.1, 0.15) is 0 Å². The van der Waals surface area contributed by atoms with E-state index < -0.39 is 0 Å². The van der Waals surface area contributed by atoms with Crippen LogP contribution in [0.2, 0.25) is 0 Å². The molecule has 0 bridgehead atoms. The SMILES string of the molecule is CCC(=O)/C=C/CBr. The van der Waals surface area contributed by atoms with Crippen LogP contribution in [0.4, 0.5) is 0 Å². The highest BCUT2D eigenvalue weighted by Gasteiger charge is 1.85. The highest BCUT2D eigenvalue weighted by Crippen LogP contribution is 1.85. The van der Waals surface area contributed by atoms with Crippen molar-refractivity contribution in [3.8, 4) is 0 Å². The molecule has 0 radical (unpaired) electrons. The summed E-state index contributed by atoms with van der Waals surface area (Å²) in [7, 11) is 0. The average molecular weight is 177 g/mol. The van der Waals surface area contributed by atoms with Crippen molar-refractivity contribution in [1.82, 2.24) is 0 Å². The number of ketones is 1. The van der Waals surface area contributed by atoms with Crippen molar-refractivity contribution in [3.63, 3.8) is 0 Å². The third-order valence-electron chi connectivity index (χ3n) is 0.741. The van der Waals surface area contributed by atoms with Gasteiger partial charge < -0.3 is 0 Å². The Morgan fingerprint density at radius 2 is 2.38 bits per heavy atom. The summed E-state index contributed by atoms with van der Waals surface area (Å²) in [4.78, 5) is 10.5. The number of allylic oxidation sites excluding steroid dienone is 2. The topological polar surface area (TPSA) is 17.1 Å². The van der Waals surface area contributed by atoms with Crippen LogP contribution in [0.25, 0.3) is 0 Å². The predicted molar refractivity (Wildman–Crippen MR) is 38.2 cm³/mol. The molecule has 0 aromatic rings. The lowest BCUT2D eigenvalue weighted by atomic mass is 10.3. The van der Waals surface area contributed by atoms with E-state index >= 15 is 0 Å². The molecule has 0 atom stereocenters. The monoisotopic (exact) mass is 176 g/mol. The van der Waals surface area contributed by atoms with Gasteiger partial charge in [0.2, 0.25) is 0 Å². The van der Waals surface area contributed by atoms with E-state index in [2.05, 4.69) is 15.9 Å². The molecule has 0 saturated carbocycles. The molecule has 0 aromatic heterocycles. The van der Waals surface area contributed by atoms with Gasteiger partial charge >= 0.3 is 0 Å². The van der Waals surface area contributed by atoms with E-state index in [1.165, 1.54) is 0 Å². The average Bonchev–Trinajstić information content (AvgIpc) is 1.83. The molecule has 0 aliphatic carbocycles. The van der Waals surface area contributed by atoms with Crippen LogP contribution in [0, 0.1) is 0 Å². The Labute approximate surface area is 57.9 Å². The fourth-order valence-electron chi connectivity index (χ4n) is 0.294. The van der Waals surface area contributed by atoms with Gasteiger partial charge in [0, 0.05) is 11.8 Å². The fourth-order valence-corrected chi connectivity index (χ4v) is 0.481. The van der Waals surface area contributed by atoms with E-state index in [4.69, 9.17) is 0 Å². The smallest absolute Gasteiger partial charge is 0.155 e. The minimum atomic E-state index is 0.185. The van der Waals surface area contributed by atoms with Crippen LogP contribution in [0.15, 0.2) is 12.2 Å². The number of halogens is 1. The third kappa shape index (κ3) is 4.06. The van der Waals surface area contributed by atoms with Crippen LogP contribution in [-0.4, -0.2) is 11.1 Å². The van der Waals surface area contributed by atoms with Gasteiger partial charge in [0.05, 0.1) is 0 Å². The molecule has 0 unspecified atom stereocenters. The van der Waals surface area contributed by atoms with E-state index in [1.807, 2.05) is 6.92 Å². The summed E-state index contributed by atoms with van der Waals surface area (Å²) < 4.78 is 0. The van der Waals surface area contributed by atoms with E-state index in [1.54, 1.807) is 12.2 Å². The number of hydrogen-bond acceptors (Lipinski definition) is 1. The molecular formula is C6H9BrO. The van der Waals surface area contributed by atoms with Gasteiger partial charge in [-0.05, 0) is 6.08 Å². The maximum absolute atomic E-state index is 10.5. The Balaban J connectivity index is 3.37. The van der Waals surface area contributed by atoms with E-state index in [0.29, 0.717) is 6.42 Å². The van der Waals surface area contributed by atoms with Crippen molar-refractivity contribution in [1.29, 1.82) is 0 Å². The van der Waals surface area contributed by atoms with Gasteiger partial charge in [-0.1, -0.05) is 28.9 Å². The summed E-state index contributed by atoms with van der Waals surface area (Å²) in [5.41, 5.74) is 0. The molecule has 1 nitrogen and oxygen atoms in total. The van der Waals surface area contributed by atoms with Crippen molar-refractivity contribution in [2.45, 2.75) is 13.3 Å². The second-order valence-corrected chi connectivity index (χ2v) is 2.02. The van der Waals surface area contributed by atoms with Gasteiger partial charge in [0.25, 0.3) is 0 Å². The zero-order valence-electron chi connectivity index (χ0n) is 4.86. The van der Waals surface area contributed by atoms with Crippen molar-refractivity contribution < 1.29 is 4.79 Å². The standard InChI is InChI=1S/C6H9BrO/c1-2-6(8)4-3-5-7/h3-4H,2,5H2,1H3/b4-3+. The minimum Gasteiger partial charge on any atom is -0.295 e. The molecule has 0 amide bonds. The zero-order chi connectivity index (χ0) is 6.41. The highest BCUT2D eigenvalue weighted by molar-refractivity contribution is 9.09. The van der Waals surface area contributed by atoms with E-state index in [-0.39, 0.29) is 5.78 Å². The fraction of sp³-hybridized carbons (Fsp3) is 0.500. The van der Waals surface area contributed by atoms with Gasteiger partial charge in [0.15, 0.2) is 5.78 Å². The van der Waals surface area contributed by atoms with Crippen molar-refractivity contribution >= 4 is 21.7 Å². The summed E-state index contributed by atoms with van der Waals surface area (Å²) >= 11 is 3.17. The van der Waals surface area contributed by atoms with Crippen LogP contribution < -0.4 is 0 Å². The maximum atomic E-state index is 10.5. The largest absolute Gasteiger partial charge is 0.295 e. The van der Waals surface area contributed by atoms with Crippen LogP contribution in [0.3, 0.4) is 0 Å². The second kappa shape index (κ2) is 5.04. The molecule has 0 N–H and O–H groups in total. The van der Waals surface area contributed by atoms with Crippen molar-refractivity contribution in [2.24, 2.45) is 0 Å². The first-order chi connectivity index (χ1) is 3.81. The van der Waals surface area contributed by atoms with Crippen LogP contribution in [-0.2, 0) is 4.79 Å². The Kier molecular flexibility index (Phi) is 4.97. The molecule has 0 aliphatic heterocycles. The molecular weight excluding hydrogens is 168 g/mol. The molecule has 8 heavy (non-hydrogen) atoms. The van der Waals surface area contributed by atoms with Crippen LogP contribution in [0.1, 0.15) is 13.3 Å². The Morgan fingerprint density at radius 3 is 2.75 bits per heavy atom. The Bertz CT molecular complexity index is 96.7. The summed E-state index contributed by atoms with van der Waals surface area (Å²) in [6.45, 7) is 1.85. The number of rotatable bonds is 3. The number of carbonyl (C=O) groups is 1. The molecule has 0 aliphatic rings. The summed E-state index contributed by atoms with van der Waals surface area (Å²) in [6.07, 6.45) is 3.99. The molecule has 0 aromatic carbocycles. The third-order valence-corrected chi connectivity index (χ3v) is 1.12. The number of alkyl halides is 1. The molecule has 0 spiro atoms.